The molecule has 0 bridgehead atoms. The van der Waals surface area contributed by atoms with Crippen molar-refractivity contribution in [3.05, 3.63) is 0 Å². The van der Waals surface area contributed by atoms with Crippen LogP contribution in [0.2, 0.25) is 0 Å². The van der Waals surface area contributed by atoms with Crippen molar-refractivity contribution in [3.8, 4) is 0 Å². The molecule has 1 N–H and O–H groups in total. The van der Waals surface area contributed by atoms with Gasteiger partial charge in [-0.15, -0.1) is 0 Å². The molecule has 0 radical (unpaired) electrons. The zero-order valence-corrected chi connectivity index (χ0v) is 12.0. The average Bonchev–Trinajstić information content (AvgIpc) is 2.37. The van der Waals surface area contributed by atoms with E-state index >= 15 is 0 Å². The Morgan fingerprint density at radius 1 is 1.33 bits per heavy atom. The van der Waals surface area contributed by atoms with Gasteiger partial charge in [0.15, 0.2) is 0 Å². The Morgan fingerprint density at radius 3 is 2.78 bits per heavy atom. The highest BCUT2D eigenvalue weighted by atomic mass is 16.2. The fourth-order valence-electron chi connectivity index (χ4n) is 3.37. The topological polar surface area (TPSA) is 32.3 Å². The smallest absolute Gasteiger partial charge is 0.222 e. The van der Waals surface area contributed by atoms with Gasteiger partial charge in [-0.1, -0.05) is 13.8 Å². The summed E-state index contributed by atoms with van der Waals surface area (Å²) in [6.07, 6.45) is 6.83. The van der Waals surface area contributed by atoms with E-state index in [2.05, 4.69) is 24.1 Å². The van der Waals surface area contributed by atoms with Crippen LogP contribution in [0.1, 0.15) is 52.4 Å². The standard InChI is InChI=1S/C15H28N2O/c1-13(2)5-6-14(18)17-10-4-8-15(12-17)7-3-9-16-11-15/h13,16H,3-12H2,1-2H3. The van der Waals surface area contributed by atoms with Crippen molar-refractivity contribution in [2.24, 2.45) is 11.3 Å². The van der Waals surface area contributed by atoms with Gasteiger partial charge in [-0.05, 0) is 44.6 Å². The maximum absolute atomic E-state index is 12.2. The van der Waals surface area contributed by atoms with Crippen LogP contribution in [0.25, 0.3) is 0 Å². The molecule has 0 aromatic heterocycles. The minimum Gasteiger partial charge on any atom is -0.342 e. The first-order valence-corrected chi connectivity index (χ1v) is 7.60. The Labute approximate surface area is 111 Å². The molecule has 0 aromatic rings. The summed E-state index contributed by atoms with van der Waals surface area (Å²) < 4.78 is 0. The summed E-state index contributed by atoms with van der Waals surface area (Å²) in [5, 5.41) is 3.52. The van der Waals surface area contributed by atoms with E-state index in [1.165, 1.54) is 25.7 Å². The van der Waals surface area contributed by atoms with Crippen molar-refractivity contribution in [1.29, 1.82) is 0 Å². The maximum atomic E-state index is 12.2. The molecule has 3 nitrogen and oxygen atoms in total. The molecule has 1 amide bonds. The van der Waals surface area contributed by atoms with Crippen molar-refractivity contribution in [2.45, 2.75) is 52.4 Å². The molecule has 1 unspecified atom stereocenters. The summed E-state index contributed by atoms with van der Waals surface area (Å²) in [5.41, 5.74) is 0.393. The van der Waals surface area contributed by atoms with Crippen LogP contribution in [0, 0.1) is 11.3 Å². The van der Waals surface area contributed by atoms with E-state index in [0.29, 0.717) is 17.2 Å². The second kappa shape index (κ2) is 6.05. The molecule has 18 heavy (non-hydrogen) atoms. The lowest BCUT2D eigenvalue weighted by Gasteiger charge is -2.45. The molecule has 104 valence electrons. The molecule has 2 saturated heterocycles. The quantitative estimate of drug-likeness (QED) is 0.836. The number of nitrogens with one attached hydrogen (secondary N) is 1. The third-order valence-electron chi connectivity index (χ3n) is 4.51. The molecular weight excluding hydrogens is 224 g/mol. The molecule has 1 atom stereocenters. The zero-order valence-electron chi connectivity index (χ0n) is 12.0. The molecule has 0 saturated carbocycles. The van der Waals surface area contributed by atoms with Gasteiger partial charge in [0.1, 0.15) is 0 Å². The monoisotopic (exact) mass is 252 g/mol. The predicted molar refractivity (Wildman–Crippen MR) is 74.4 cm³/mol. The van der Waals surface area contributed by atoms with Gasteiger partial charge in [0.25, 0.3) is 0 Å². The van der Waals surface area contributed by atoms with Crippen LogP contribution in [0.3, 0.4) is 0 Å². The molecule has 2 aliphatic rings. The summed E-state index contributed by atoms with van der Waals surface area (Å²) in [4.78, 5) is 14.4. The lowest BCUT2D eigenvalue weighted by Crippen LogP contribution is -2.52. The van der Waals surface area contributed by atoms with Gasteiger partial charge < -0.3 is 10.2 Å². The van der Waals surface area contributed by atoms with Gasteiger partial charge in [-0.3, -0.25) is 4.79 Å². The SMILES string of the molecule is CC(C)CCC(=O)N1CCCC2(CCCNC2)C1. The van der Waals surface area contributed by atoms with Gasteiger partial charge in [0.05, 0.1) is 0 Å². The summed E-state index contributed by atoms with van der Waals surface area (Å²) >= 11 is 0. The Hall–Kier alpha value is -0.570. The van der Waals surface area contributed by atoms with Crippen LogP contribution in [-0.4, -0.2) is 37.0 Å². The first kappa shape index (κ1) is 13.9. The Kier molecular flexibility index (Phi) is 4.66. The molecule has 2 heterocycles. The van der Waals surface area contributed by atoms with Crippen molar-refractivity contribution >= 4 is 5.91 Å². The van der Waals surface area contributed by atoms with Gasteiger partial charge >= 0.3 is 0 Å². The number of piperidine rings is 2. The minimum atomic E-state index is 0.383. The second-order valence-electron chi connectivity index (χ2n) is 6.63. The number of carbonyl (C=O) groups excluding carboxylic acids is 1. The molecule has 3 heteroatoms. The normalized spacial score (nSPS) is 28.9. The second-order valence-corrected chi connectivity index (χ2v) is 6.63. The van der Waals surface area contributed by atoms with Gasteiger partial charge in [0, 0.05) is 31.5 Å². The number of nitrogens with zero attached hydrogens (tertiary/aromatic N) is 1. The molecule has 0 aromatic carbocycles. The molecule has 2 rings (SSSR count). The van der Waals surface area contributed by atoms with E-state index in [1.54, 1.807) is 0 Å². The van der Waals surface area contributed by atoms with Crippen LogP contribution < -0.4 is 5.32 Å². The van der Waals surface area contributed by atoms with E-state index in [-0.39, 0.29) is 0 Å². The van der Waals surface area contributed by atoms with Gasteiger partial charge in [-0.25, -0.2) is 0 Å². The van der Waals surface area contributed by atoms with E-state index in [9.17, 15) is 4.79 Å². The van der Waals surface area contributed by atoms with Crippen molar-refractivity contribution in [1.82, 2.24) is 10.2 Å². The van der Waals surface area contributed by atoms with E-state index in [0.717, 1.165) is 39.0 Å². The Bertz CT molecular complexity index is 277. The largest absolute Gasteiger partial charge is 0.342 e. The average molecular weight is 252 g/mol. The fraction of sp³-hybridized carbons (Fsp3) is 0.933. The molecule has 0 aliphatic carbocycles. The van der Waals surface area contributed by atoms with Crippen LogP contribution in [-0.2, 0) is 4.79 Å². The van der Waals surface area contributed by atoms with Crippen LogP contribution >= 0.6 is 0 Å². The van der Waals surface area contributed by atoms with Gasteiger partial charge in [0.2, 0.25) is 5.91 Å². The zero-order chi connectivity index (χ0) is 13.0. The minimum absolute atomic E-state index is 0.383. The molecule has 2 fully saturated rings. The first-order valence-electron chi connectivity index (χ1n) is 7.60. The van der Waals surface area contributed by atoms with E-state index < -0.39 is 0 Å². The van der Waals surface area contributed by atoms with E-state index in [1.807, 2.05) is 0 Å². The molecule has 1 spiro atoms. The maximum Gasteiger partial charge on any atom is 0.222 e. The van der Waals surface area contributed by atoms with Crippen LogP contribution in [0.4, 0.5) is 0 Å². The third-order valence-corrected chi connectivity index (χ3v) is 4.51. The van der Waals surface area contributed by atoms with Crippen LogP contribution in [0.15, 0.2) is 0 Å². The van der Waals surface area contributed by atoms with Crippen LogP contribution in [0.5, 0.6) is 0 Å². The molecular formula is C15H28N2O. The first-order chi connectivity index (χ1) is 8.61. The highest BCUT2D eigenvalue weighted by Crippen LogP contribution is 2.36. The summed E-state index contributed by atoms with van der Waals surface area (Å²) in [6.45, 7) is 8.63. The Morgan fingerprint density at radius 2 is 2.11 bits per heavy atom. The number of hydrogen-bond donors (Lipinski definition) is 1. The number of likely N-dealkylation sites (tertiary alicyclic amines) is 1. The van der Waals surface area contributed by atoms with E-state index in [4.69, 9.17) is 0 Å². The summed E-state index contributed by atoms with van der Waals surface area (Å²) in [7, 11) is 0. The van der Waals surface area contributed by atoms with Crippen molar-refractivity contribution < 1.29 is 4.79 Å². The fourth-order valence-corrected chi connectivity index (χ4v) is 3.37. The number of rotatable bonds is 3. The third kappa shape index (κ3) is 3.47. The summed E-state index contributed by atoms with van der Waals surface area (Å²) in [5.74, 6) is 1.01. The lowest BCUT2D eigenvalue weighted by molar-refractivity contribution is -0.135. The Balaban J connectivity index is 1.87. The highest BCUT2D eigenvalue weighted by Gasteiger charge is 2.37. The number of amides is 1. The number of carbonyl (C=O) groups is 1. The molecule has 2 aliphatic heterocycles. The lowest BCUT2D eigenvalue weighted by atomic mass is 9.74. The summed E-state index contributed by atoms with van der Waals surface area (Å²) in [6, 6.07) is 0. The highest BCUT2D eigenvalue weighted by molar-refractivity contribution is 5.76. The number of hydrogen-bond acceptors (Lipinski definition) is 2. The predicted octanol–water partition coefficient (Wildman–Crippen LogP) is 2.41. The van der Waals surface area contributed by atoms with Gasteiger partial charge in [-0.2, -0.15) is 0 Å². The van der Waals surface area contributed by atoms with Crippen molar-refractivity contribution in [3.63, 3.8) is 0 Å². The van der Waals surface area contributed by atoms with Crippen molar-refractivity contribution in [2.75, 3.05) is 26.2 Å².